The van der Waals surface area contributed by atoms with Gasteiger partial charge >= 0.3 is 0 Å². The van der Waals surface area contributed by atoms with Crippen molar-refractivity contribution in [2.24, 2.45) is 0 Å². The van der Waals surface area contributed by atoms with Crippen molar-refractivity contribution in [2.45, 2.75) is 6.04 Å². The maximum atomic E-state index is 14.2. The number of halogens is 2. The highest BCUT2D eigenvalue weighted by Gasteiger charge is 2.28. The Balaban J connectivity index is 0.00000161. The second-order valence-corrected chi connectivity index (χ2v) is 4.91. The summed E-state index contributed by atoms with van der Waals surface area (Å²) in [6.45, 7) is 3.39. The number of hydrogen-bond acceptors (Lipinski definition) is 4. The fourth-order valence-electron chi connectivity index (χ4n) is 2.65. The van der Waals surface area contributed by atoms with Crippen LogP contribution < -0.4 is 5.32 Å². The van der Waals surface area contributed by atoms with Crippen LogP contribution in [-0.2, 0) is 0 Å². The molecule has 1 aliphatic heterocycles. The number of aromatic hydroxyl groups is 1. The Morgan fingerprint density at radius 2 is 2.00 bits per heavy atom. The van der Waals surface area contributed by atoms with Crippen LogP contribution >= 0.6 is 12.4 Å². The molecule has 0 unspecified atom stereocenters. The van der Waals surface area contributed by atoms with E-state index in [9.17, 15) is 9.50 Å². The van der Waals surface area contributed by atoms with Crippen LogP contribution in [-0.4, -0.2) is 36.2 Å². The van der Waals surface area contributed by atoms with Crippen molar-refractivity contribution in [3.63, 3.8) is 0 Å². The van der Waals surface area contributed by atoms with Crippen LogP contribution in [0.25, 0.3) is 0 Å². The summed E-state index contributed by atoms with van der Waals surface area (Å²) < 4.78 is 19.7. The molecule has 2 N–H and O–H groups in total. The van der Waals surface area contributed by atoms with Crippen LogP contribution in [0.15, 0.2) is 41.0 Å². The second kappa shape index (κ2) is 6.93. The molecule has 0 spiro atoms. The van der Waals surface area contributed by atoms with Gasteiger partial charge in [0, 0.05) is 37.8 Å². The summed E-state index contributed by atoms with van der Waals surface area (Å²) in [7, 11) is 0. The van der Waals surface area contributed by atoms with Gasteiger partial charge in [0.05, 0.1) is 12.3 Å². The molecule has 6 heteroatoms. The first kappa shape index (κ1) is 15.8. The summed E-state index contributed by atoms with van der Waals surface area (Å²) in [4.78, 5) is 2.19. The van der Waals surface area contributed by atoms with Crippen LogP contribution in [0.1, 0.15) is 17.4 Å². The molecule has 2 aromatic rings. The maximum absolute atomic E-state index is 14.2. The molecule has 0 saturated carbocycles. The molecule has 0 bridgehead atoms. The number of nitrogens with zero attached hydrogens (tertiary/aromatic N) is 1. The average molecular weight is 313 g/mol. The van der Waals surface area contributed by atoms with Crippen molar-refractivity contribution in [2.75, 3.05) is 26.2 Å². The minimum Gasteiger partial charge on any atom is -0.508 e. The van der Waals surface area contributed by atoms with E-state index in [0.29, 0.717) is 5.56 Å². The van der Waals surface area contributed by atoms with Crippen molar-refractivity contribution in [3.8, 4) is 5.75 Å². The van der Waals surface area contributed by atoms with E-state index in [2.05, 4.69) is 10.2 Å². The lowest BCUT2D eigenvalue weighted by Crippen LogP contribution is -2.45. The van der Waals surface area contributed by atoms with Gasteiger partial charge in [-0.15, -0.1) is 12.4 Å². The van der Waals surface area contributed by atoms with Crippen molar-refractivity contribution in [1.29, 1.82) is 0 Å². The van der Waals surface area contributed by atoms with E-state index < -0.39 is 5.82 Å². The van der Waals surface area contributed by atoms with E-state index in [1.165, 1.54) is 6.07 Å². The molecule has 2 heterocycles. The fourth-order valence-corrected chi connectivity index (χ4v) is 2.65. The highest BCUT2D eigenvalue weighted by atomic mass is 35.5. The van der Waals surface area contributed by atoms with Gasteiger partial charge in [0.1, 0.15) is 17.3 Å². The van der Waals surface area contributed by atoms with E-state index in [1.807, 2.05) is 12.1 Å². The Kier molecular flexibility index (Phi) is 5.22. The van der Waals surface area contributed by atoms with Crippen LogP contribution in [0.4, 0.5) is 4.39 Å². The molecule has 0 amide bonds. The van der Waals surface area contributed by atoms with E-state index in [0.717, 1.165) is 38.0 Å². The van der Waals surface area contributed by atoms with E-state index in [1.54, 1.807) is 12.3 Å². The largest absolute Gasteiger partial charge is 0.508 e. The number of piperazine rings is 1. The number of hydrogen-bond donors (Lipinski definition) is 2. The van der Waals surface area contributed by atoms with Crippen LogP contribution in [0, 0.1) is 5.82 Å². The first-order valence-corrected chi connectivity index (χ1v) is 6.72. The van der Waals surface area contributed by atoms with Crippen molar-refractivity contribution in [1.82, 2.24) is 10.2 Å². The zero-order valence-electron chi connectivity index (χ0n) is 11.5. The third kappa shape index (κ3) is 3.37. The maximum Gasteiger partial charge on any atom is 0.132 e. The predicted molar refractivity (Wildman–Crippen MR) is 80.3 cm³/mol. The molecule has 1 aromatic carbocycles. The highest BCUT2D eigenvalue weighted by Crippen LogP contribution is 2.32. The highest BCUT2D eigenvalue weighted by molar-refractivity contribution is 5.85. The third-order valence-corrected chi connectivity index (χ3v) is 3.61. The molecule has 0 radical (unpaired) electrons. The molecule has 3 rings (SSSR count). The SMILES string of the molecule is Cl.Oc1ccc([C@@H](c2ccco2)N2CCNCC2)c(F)c1. The number of phenolic OH excluding ortho intramolecular Hbond substituents is 1. The zero-order chi connectivity index (χ0) is 13.9. The van der Waals surface area contributed by atoms with Gasteiger partial charge in [-0.25, -0.2) is 4.39 Å². The minimum atomic E-state index is -0.412. The number of benzene rings is 1. The fraction of sp³-hybridized carbons (Fsp3) is 0.333. The number of phenols is 1. The summed E-state index contributed by atoms with van der Waals surface area (Å²) in [5.41, 5.74) is 0.527. The Hall–Kier alpha value is -1.56. The van der Waals surface area contributed by atoms with Gasteiger partial charge in [-0.1, -0.05) is 6.07 Å². The smallest absolute Gasteiger partial charge is 0.132 e. The molecule has 114 valence electrons. The first-order chi connectivity index (χ1) is 9.75. The van der Waals surface area contributed by atoms with E-state index >= 15 is 0 Å². The molecule has 21 heavy (non-hydrogen) atoms. The van der Waals surface area contributed by atoms with Gasteiger partial charge in [0.25, 0.3) is 0 Å². The summed E-state index contributed by atoms with van der Waals surface area (Å²) in [5, 5.41) is 12.7. The van der Waals surface area contributed by atoms with Crippen molar-refractivity contribution >= 4 is 12.4 Å². The van der Waals surface area contributed by atoms with Gasteiger partial charge in [-0.05, 0) is 18.2 Å². The van der Waals surface area contributed by atoms with Crippen LogP contribution in [0.2, 0.25) is 0 Å². The topological polar surface area (TPSA) is 48.6 Å². The lowest BCUT2D eigenvalue weighted by atomic mass is 10.0. The first-order valence-electron chi connectivity index (χ1n) is 6.72. The molecule has 1 fully saturated rings. The number of rotatable bonds is 3. The number of nitrogens with one attached hydrogen (secondary N) is 1. The summed E-state index contributed by atoms with van der Waals surface area (Å²) >= 11 is 0. The monoisotopic (exact) mass is 312 g/mol. The van der Waals surface area contributed by atoms with Gasteiger partial charge in [-0.3, -0.25) is 4.90 Å². The predicted octanol–water partition coefficient (Wildman–Crippen LogP) is 2.54. The Morgan fingerprint density at radius 3 is 2.62 bits per heavy atom. The van der Waals surface area contributed by atoms with Gasteiger partial charge in [0.15, 0.2) is 0 Å². The average Bonchev–Trinajstić information content (AvgIpc) is 2.97. The standard InChI is InChI=1S/C15H17FN2O2.ClH/c16-13-10-11(19)3-4-12(13)15(14-2-1-9-20-14)18-7-5-17-6-8-18;/h1-4,9-10,15,17,19H,5-8H2;1H/t15-;/m0./s1. The van der Waals surface area contributed by atoms with E-state index in [-0.39, 0.29) is 24.2 Å². The molecule has 1 atom stereocenters. The van der Waals surface area contributed by atoms with Crippen LogP contribution in [0.5, 0.6) is 5.75 Å². The lowest BCUT2D eigenvalue weighted by Gasteiger charge is -2.34. The normalized spacial score (nSPS) is 17.2. The zero-order valence-corrected chi connectivity index (χ0v) is 12.3. The summed E-state index contributed by atoms with van der Waals surface area (Å²) in [6.07, 6.45) is 1.60. The van der Waals surface area contributed by atoms with Crippen molar-refractivity contribution < 1.29 is 13.9 Å². The van der Waals surface area contributed by atoms with Gasteiger partial charge < -0.3 is 14.8 Å². The number of furan rings is 1. The van der Waals surface area contributed by atoms with Crippen molar-refractivity contribution in [3.05, 3.63) is 53.7 Å². The Bertz CT molecular complexity index is 571. The van der Waals surface area contributed by atoms with E-state index in [4.69, 9.17) is 4.42 Å². The summed E-state index contributed by atoms with van der Waals surface area (Å²) in [5.74, 6) is 0.242. The molecule has 1 aromatic heterocycles. The quantitative estimate of drug-likeness (QED) is 0.914. The second-order valence-electron chi connectivity index (χ2n) is 4.91. The van der Waals surface area contributed by atoms with Gasteiger partial charge in [-0.2, -0.15) is 0 Å². The van der Waals surface area contributed by atoms with Gasteiger partial charge in [0.2, 0.25) is 0 Å². The molecular formula is C15H18ClFN2O2. The molecular weight excluding hydrogens is 295 g/mol. The molecule has 0 aliphatic carbocycles. The Morgan fingerprint density at radius 1 is 1.24 bits per heavy atom. The Labute approximate surface area is 129 Å². The lowest BCUT2D eigenvalue weighted by molar-refractivity contribution is 0.177. The minimum absolute atomic E-state index is 0. The molecule has 4 nitrogen and oxygen atoms in total. The van der Waals surface area contributed by atoms with Crippen LogP contribution in [0.3, 0.4) is 0 Å². The summed E-state index contributed by atoms with van der Waals surface area (Å²) in [6, 6.07) is 7.69. The molecule has 1 saturated heterocycles. The third-order valence-electron chi connectivity index (χ3n) is 3.61. The molecule has 1 aliphatic rings.